The number of aliphatic carboxylic acids is 1. The standard InChI is InChI=1S/C12H8Cl2F3N3O2/c13-7-3-6(12(15,16)17)4-8(14)11(7)20-9(1-2-19-20)18-5-10(21)22/h1-4,18H,5H2,(H,21,22). The minimum Gasteiger partial charge on any atom is -0.480 e. The summed E-state index contributed by atoms with van der Waals surface area (Å²) in [5, 5.41) is 14.6. The lowest BCUT2D eigenvalue weighted by Crippen LogP contribution is -2.15. The Kier molecular flexibility index (Phi) is 4.52. The van der Waals surface area contributed by atoms with Crippen molar-refractivity contribution in [3.63, 3.8) is 0 Å². The van der Waals surface area contributed by atoms with Crippen molar-refractivity contribution in [3.8, 4) is 5.69 Å². The van der Waals surface area contributed by atoms with Crippen molar-refractivity contribution in [2.24, 2.45) is 0 Å². The third-order valence-electron chi connectivity index (χ3n) is 2.62. The molecule has 1 heterocycles. The lowest BCUT2D eigenvalue weighted by atomic mass is 10.2. The van der Waals surface area contributed by atoms with Gasteiger partial charge in [-0.3, -0.25) is 4.79 Å². The van der Waals surface area contributed by atoms with Crippen molar-refractivity contribution in [1.82, 2.24) is 9.78 Å². The number of hydrogen-bond donors (Lipinski definition) is 2. The van der Waals surface area contributed by atoms with E-state index in [0.717, 1.165) is 16.8 Å². The highest BCUT2D eigenvalue weighted by molar-refractivity contribution is 6.37. The number of aromatic nitrogens is 2. The molecule has 0 spiro atoms. The molecule has 10 heteroatoms. The van der Waals surface area contributed by atoms with Crippen LogP contribution in [0.25, 0.3) is 5.69 Å². The van der Waals surface area contributed by atoms with Gasteiger partial charge in [-0.1, -0.05) is 23.2 Å². The highest BCUT2D eigenvalue weighted by atomic mass is 35.5. The van der Waals surface area contributed by atoms with Crippen LogP contribution in [-0.2, 0) is 11.0 Å². The number of carbonyl (C=O) groups is 1. The Morgan fingerprint density at radius 3 is 2.41 bits per heavy atom. The number of alkyl halides is 3. The van der Waals surface area contributed by atoms with Gasteiger partial charge in [0.25, 0.3) is 0 Å². The maximum atomic E-state index is 12.7. The summed E-state index contributed by atoms with van der Waals surface area (Å²) >= 11 is 11.8. The Balaban J connectivity index is 2.46. The molecule has 0 aliphatic rings. The van der Waals surface area contributed by atoms with Crippen molar-refractivity contribution < 1.29 is 23.1 Å². The normalized spacial score (nSPS) is 11.5. The van der Waals surface area contributed by atoms with Crippen molar-refractivity contribution in [2.75, 3.05) is 11.9 Å². The van der Waals surface area contributed by atoms with E-state index in [1.807, 2.05) is 0 Å². The minimum atomic E-state index is -4.58. The van der Waals surface area contributed by atoms with E-state index in [0.29, 0.717) is 0 Å². The lowest BCUT2D eigenvalue weighted by Gasteiger charge is -2.14. The molecule has 1 aromatic heterocycles. The van der Waals surface area contributed by atoms with Gasteiger partial charge in [0.15, 0.2) is 0 Å². The van der Waals surface area contributed by atoms with E-state index >= 15 is 0 Å². The van der Waals surface area contributed by atoms with Crippen molar-refractivity contribution in [3.05, 3.63) is 40.0 Å². The smallest absolute Gasteiger partial charge is 0.416 e. The SMILES string of the molecule is O=C(O)CNc1ccnn1-c1c(Cl)cc(C(F)(F)F)cc1Cl. The third-order valence-corrected chi connectivity index (χ3v) is 3.20. The van der Waals surface area contributed by atoms with E-state index in [1.54, 1.807) is 0 Å². The maximum absolute atomic E-state index is 12.7. The lowest BCUT2D eigenvalue weighted by molar-refractivity contribution is -0.137. The van der Waals surface area contributed by atoms with Gasteiger partial charge in [0, 0.05) is 6.07 Å². The predicted molar refractivity (Wildman–Crippen MR) is 74.7 cm³/mol. The molecule has 0 aliphatic carbocycles. The van der Waals surface area contributed by atoms with Crippen LogP contribution in [0.5, 0.6) is 0 Å². The first-order valence-corrected chi connectivity index (χ1v) is 6.52. The van der Waals surface area contributed by atoms with Gasteiger partial charge in [0.1, 0.15) is 18.1 Å². The van der Waals surface area contributed by atoms with Gasteiger partial charge in [-0.05, 0) is 12.1 Å². The number of benzene rings is 1. The van der Waals surface area contributed by atoms with Crippen LogP contribution in [0.2, 0.25) is 10.0 Å². The molecule has 0 aliphatic heterocycles. The van der Waals surface area contributed by atoms with Crippen molar-refractivity contribution >= 4 is 35.0 Å². The molecular weight excluding hydrogens is 346 g/mol. The van der Waals surface area contributed by atoms with Crippen molar-refractivity contribution in [2.45, 2.75) is 6.18 Å². The number of nitrogens with zero attached hydrogens (tertiary/aromatic N) is 2. The molecule has 0 bridgehead atoms. The monoisotopic (exact) mass is 353 g/mol. The van der Waals surface area contributed by atoms with Gasteiger partial charge in [0.2, 0.25) is 0 Å². The fourth-order valence-electron chi connectivity index (χ4n) is 1.71. The average Bonchev–Trinajstić information content (AvgIpc) is 2.82. The van der Waals surface area contributed by atoms with Crippen molar-refractivity contribution in [1.29, 1.82) is 0 Å². The van der Waals surface area contributed by atoms with E-state index in [2.05, 4.69) is 10.4 Å². The van der Waals surface area contributed by atoms with Crippen LogP contribution in [0, 0.1) is 0 Å². The van der Waals surface area contributed by atoms with E-state index in [9.17, 15) is 18.0 Å². The van der Waals surface area contributed by atoms with Gasteiger partial charge in [0.05, 0.1) is 21.8 Å². The van der Waals surface area contributed by atoms with Crippen LogP contribution in [0.4, 0.5) is 19.0 Å². The Morgan fingerprint density at radius 1 is 1.32 bits per heavy atom. The Bertz CT molecular complexity index is 693. The first-order chi connectivity index (χ1) is 10.2. The van der Waals surface area contributed by atoms with Gasteiger partial charge in [-0.2, -0.15) is 18.3 Å². The second kappa shape index (κ2) is 6.05. The highest BCUT2D eigenvalue weighted by Crippen LogP contribution is 2.38. The molecule has 0 saturated carbocycles. The zero-order valence-electron chi connectivity index (χ0n) is 10.7. The molecule has 0 amide bonds. The molecule has 2 N–H and O–H groups in total. The third kappa shape index (κ3) is 3.45. The van der Waals surface area contributed by atoms with Gasteiger partial charge >= 0.3 is 12.1 Å². The van der Waals surface area contributed by atoms with Crippen LogP contribution in [-0.4, -0.2) is 27.4 Å². The summed E-state index contributed by atoms with van der Waals surface area (Å²) < 4.78 is 39.2. The molecule has 22 heavy (non-hydrogen) atoms. The zero-order chi connectivity index (χ0) is 16.5. The van der Waals surface area contributed by atoms with Gasteiger partial charge in [-0.15, -0.1) is 0 Å². The fraction of sp³-hybridized carbons (Fsp3) is 0.167. The molecule has 2 aromatic rings. The number of anilines is 1. The van der Waals surface area contributed by atoms with E-state index in [4.69, 9.17) is 28.3 Å². The number of halogens is 5. The summed E-state index contributed by atoms with van der Waals surface area (Å²) in [5.41, 5.74) is -0.965. The van der Waals surface area contributed by atoms with Gasteiger partial charge < -0.3 is 10.4 Å². The molecular formula is C12H8Cl2F3N3O2. The van der Waals surface area contributed by atoms with Crippen LogP contribution in [0.15, 0.2) is 24.4 Å². The molecule has 5 nitrogen and oxygen atoms in total. The summed E-state index contributed by atoms with van der Waals surface area (Å²) in [5.74, 6) is -0.886. The van der Waals surface area contributed by atoms with Gasteiger partial charge in [-0.25, -0.2) is 4.68 Å². The quantitative estimate of drug-likeness (QED) is 0.879. The van der Waals surface area contributed by atoms with Crippen LogP contribution >= 0.6 is 23.2 Å². The molecule has 118 valence electrons. The summed E-state index contributed by atoms with van der Waals surface area (Å²) in [4.78, 5) is 10.6. The van der Waals surface area contributed by atoms with Crippen LogP contribution in [0.1, 0.15) is 5.56 Å². The second-order valence-electron chi connectivity index (χ2n) is 4.16. The first kappa shape index (κ1) is 16.4. The Labute approximate surface area is 132 Å². The Hall–Kier alpha value is -1.93. The number of carboxylic acids is 1. The molecule has 0 radical (unpaired) electrons. The highest BCUT2D eigenvalue weighted by Gasteiger charge is 2.32. The van der Waals surface area contributed by atoms with E-state index in [1.165, 1.54) is 12.3 Å². The van der Waals surface area contributed by atoms with E-state index < -0.39 is 24.3 Å². The van der Waals surface area contributed by atoms with E-state index in [-0.39, 0.29) is 21.6 Å². The fourth-order valence-corrected chi connectivity index (χ4v) is 2.36. The topological polar surface area (TPSA) is 67.2 Å². The van der Waals surface area contributed by atoms with Crippen LogP contribution < -0.4 is 5.32 Å². The summed E-state index contributed by atoms with van der Waals surface area (Å²) in [6.07, 6.45) is -3.26. The second-order valence-corrected chi connectivity index (χ2v) is 4.98. The molecule has 0 atom stereocenters. The molecule has 0 fully saturated rings. The number of hydrogen-bond acceptors (Lipinski definition) is 3. The zero-order valence-corrected chi connectivity index (χ0v) is 12.2. The molecule has 1 aromatic carbocycles. The van der Waals surface area contributed by atoms with Crippen LogP contribution in [0.3, 0.4) is 0 Å². The minimum absolute atomic E-state index is 0.0224. The number of rotatable bonds is 4. The largest absolute Gasteiger partial charge is 0.480 e. The number of nitrogens with one attached hydrogen (secondary N) is 1. The molecule has 0 saturated heterocycles. The molecule has 2 rings (SSSR count). The summed E-state index contributed by atoms with van der Waals surface area (Å²) in [6, 6.07) is 2.89. The summed E-state index contributed by atoms with van der Waals surface area (Å²) in [7, 11) is 0. The average molecular weight is 354 g/mol. The summed E-state index contributed by atoms with van der Waals surface area (Å²) in [6.45, 7) is -0.401. The maximum Gasteiger partial charge on any atom is 0.416 e. The first-order valence-electron chi connectivity index (χ1n) is 5.76. The predicted octanol–water partition coefficient (Wildman–Crippen LogP) is 3.69. The Morgan fingerprint density at radius 2 is 1.91 bits per heavy atom. The number of carboxylic acid groups (broad SMARTS) is 1. The molecule has 0 unspecified atom stereocenters.